The van der Waals surface area contributed by atoms with E-state index in [9.17, 15) is 0 Å². The molecular weight excluding hydrogens is 1520 g/mol. The van der Waals surface area contributed by atoms with E-state index in [1.165, 1.54) is 0 Å². The second-order valence-corrected chi connectivity index (χ2v) is 32.3. The first-order valence-electron chi connectivity index (χ1n) is 23.8. The van der Waals surface area contributed by atoms with Gasteiger partial charge in [-0.2, -0.15) is 0 Å². The summed E-state index contributed by atoms with van der Waals surface area (Å²) in [4.78, 5) is 0. The topological polar surface area (TPSA) is 55.4 Å². The molecule has 0 spiro atoms. The summed E-state index contributed by atoms with van der Waals surface area (Å²) in [6.45, 7) is 23.0. The SMILES string of the molecule is C=CC=Cc1ccc([O][Bi]([O]c2ccc(C=CC=C)cc2)[c]2c[c]([Bi]([O]c3ccc(C=CC=C)cc3)[O]c3ccc(C=CC=C)cc3)c[c]([Bi]([O]c3ccc(C=CC=C)cc3)[O]c3ccc(C=CC=C)cc3)c2)cc1. The maximum absolute atomic E-state index is 7.12. The molecule has 0 N–H and O–H groups in total. The second-order valence-electron chi connectivity index (χ2n) is 16.0. The number of hydrogen-bond donors (Lipinski definition) is 0. The van der Waals surface area contributed by atoms with E-state index in [0.717, 1.165) is 43.2 Å². The summed E-state index contributed by atoms with van der Waals surface area (Å²) >= 11 is -11.7. The molecule has 7 aromatic carbocycles. The molecule has 372 valence electrons. The molecule has 0 aromatic heterocycles. The van der Waals surface area contributed by atoms with E-state index in [4.69, 9.17) is 16.9 Å². The zero-order valence-electron chi connectivity index (χ0n) is 41.5. The second kappa shape index (κ2) is 30.3. The van der Waals surface area contributed by atoms with Gasteiger partial charge in [-0.3, -0.25) is 0 Å². The van der Waals surface area contributed by atoms with Crippen molar-refractivity contribution in [2.45, 2.75) is 0 Å². The minimum atomic E-state index is -3.89. The Hall–Kier alpha value is -7.13. The molecule has 0 atom stereocenters. The summed E-state index contributed by atoms with van der Waals surface area (Å²) in [7, 11) is 0. The molecule has 7 rings (SSSR count). The van der Waals surface area contributed by atoms with Gasteiger partial charge in [-0.15, -0.1) is 0 Å². The summed E-state index contributed by atoms with van der Waals surface area (Å²) in [6.07, 6.45) is 34.0. The van der Waals surface area contributed by atoms with Crippen LogP contribution in [0.1, 0.15) is 33.4 Å². The molecule has 75 heavy (non-hydrogen) atoms. The molecule has 0 amide bonds. The summed E-state index contributed by atoms with van der Waals surface area (Å²) < 4.78 is 45.5. The summed E-state index contributed by atoms with van der Waals surface area (Å²) in [5.41, 5.74) is 6.10. The van der Waals surface area contributed by atoms with Crippen molar-refractivity contribution < 1.29 is 16.9 Å². The first-order chi connectivity index (χ1) is 36.8. The molecule has 7 aromatic rings. The minimum absolute atomic E-state index is 0.687. The van der Waals surface area contributed by atoms with E-state index in [1.54, 1.807) is 36.5 Å². The van der Waals surface area contributed by atoms with Crippen molar-refractivity contribution in [3.63, 3.8) is 0 Å². The first kappa shape index (κ1) is 55.6. The fourth-order valence-electron chi connectivity index (χ4n) is 6.76. The fourth-order valence-corrected chi connectivity index (χ4v) is 27.7. The van der Waals surface area contributed by atoms with Crippen LogP contribution in [0, 0.1) is 0 Å². The Morgan fingerprint density at radius 1 is 0.227 bits per heavy atom. The monoisotopic (exact) mass is 1570 g/mol. The van der Waals surface area contributed by atoms with Crippen LogP contribution in [-0.4, -0.2) is 67.9 Å². The van der Waals surface area contributed by atoms with Gasteiger partial charge in [-0.05, 0) is 0 Å². The number of hydrogen-bond acceptors (Lipinski definition) is 6. The van der Waals surface area contributed by atoms with E-state index in [0.29, 0.717) is 34.5 Å². The van der Waals surface area contributed by atoms with Crippen LogP contribution < -0.4 is 26.7 Å². The van der Waals surface area contributed by atoms with Crippen LogP contribution in [-0.2, 0) is 0 Å². The molecule has 0 unspecified atom stereocenters. The van der Waals surface area contributed by atoms with Crippen molar-refractivity contribution in [1.29, 1.82) is 0 Å². The molecule has 0 aliphatic rings. The van der Waals surface area contributed by atoms with Gasteiger partial charge in [0.25, 0.3) is 0 Å². The Bertz CT molecular complexity index is 2640. The molecule has 0 radical (unpaired) electrons. The van der Waals surface area contributed by atoms with E-state index < -0.39 is 67.9 Å². The van der Waals surface area contributed by atoms with Gasteiger partial charge in [0.05, 0.1) is 0 Å². The summed E-state index contributed by atoms with van der Waals surface area (Å²) in [6, 6.07) is 54.6. The number of benzene rings is 7. The van der Waals surface area contributed by atoms with Crippen molar-refractivity contribution in [2.24, 2.45) is 0 Å². The van der Waals surface area contributed by atoms with Crippen LogP contribution in [0.2, 0.25) is 0 Å². The number of rotatable bonds is 27. The Kier molecular flexibility index (Phi) is 22.5. The van der Waals surface area contributed by atoms with Crippen LogP contribution in [0.3, 0.4) is 0 Å². The molecule has 9 heteroatoms. The Labute approximate surface area is 470 Å². The van der Waals surface area contributed by atoms with Crippen LogP contribution in [0.4, 0.5) is 0 Å². The molecular formula is C66H57Bi3O6. The third-order valence-corrected chi connectivity index (χ3v) is 27.2. The molecule has 0 bridgehead atoms. The summed E-state index contributed by atoms with van der Waals surface area (Å²) in [5, 5.41) is 0. The predicted molar refractivity (Wildman–Crippen MR) is 320 cm³/mol. The quantitative estimate of drug-likeness (QED) is 0.0378. The zero-order valence-corrected chi connectivity index (χ0v) is 51.9. The average Bonchev–Trinajstić information content (AvgIpc) is 3.45. The van der Waals surface area contributed by atoms with Crippen LogP contribution in [0.5, 0.6) is 34.5 Å². The molecule has 0 fully saturated rings. The third kappa shape index (κ3) is 18.0. The van der Waals surface area contributed by atoms with Crippen molar-refractivity contribution in [3.05, 3.63) is 310 Å². The average molecular weight is 1570 g/mol. The Morgan fingerprint density at radius 2 is 0.373 bits per heavy atom. The third-order valence-electron chi connectivity index (χ3n) is 10.5. The van der Waals surface area contributed by atoms with Crippen molar-refractivity contribution in [1.82, 2.24) is 0 Å². The molecule has 0 saturated carbocycles. The normalized spacial score (nSPS) is 11.6. The number of allylic oxidation sites excluding steroid dienone is 12. The van der Waals surface area contributed by atoms with Crippen molar-refractivity contribution in [3.8, 4) is 34.5 Å². The van der Waals surface area contributed by atoms with Gasteiger partial charge in [0.15, 0.2) is 0 Å². The molecule has 0 aliphatic carbocycles. The zero-order chi connectivity index (χ0) is 52.5. The van der Waals surface area contributed by atoms with Gasteiger partial charge in [0.2, 0.25) is 0 Å². The van der Waals surface area contributed by atoms with Crippen LogP contribution in [0.15, 0.2) is 276 Å². The van der Waals surface area contributed by atoms with Gasteiger partial charge in [-0.1, -0.05) is 0 Å². The molecule has 0 aliphatic heterocycles. The molecule has 0 saturated heterocycles. The Balaban J connectivity index is 1.42. The molecule has 0 heterocycles. The van der Waals surface area contributed by atoms with Crippen LogP contribution >= 0.6 is 0 Å². The fraction of sp³-hybridized carbons (Fsp3) is 0. The van der Waals surface area contributed by atoms with E-state index in [2.05, 4.69) is 57.7 Å². The van der Waals surface area contributed by atoms with Gasteiger partial charge < -0.3 is 0 Å². The molecule has 6 nitrogen and oxygen atoms in total. The van der Waals surface area contributed by atoms with E-state index >= 15 is 0 Å². The first-order valence-corrected chi connectivity index (χ1v) is 37.6. The van der Waals surface area contributed by atoms with Gasteiger partial charge in [0.1, 0.15) is 0 Å². The van der Waals surface area contributed by atoms with E-state index in [1.807, 2.05) is 219 Å². The van der Waals surface area contributed by atoms with Gasteiger partial charge in [0, 0.05) is 0 Å². The van der Waals surface area contributed by atoms with Crippen molar-refractivity contribution >= 4 is 114 Å². The van der Waals surface area contributed by atoms with Gasteiger partial charge in [-0.25, -0.2) is 0 Å². The van der Waals surface area contributed by atoms with E-state index in [-0.39, 0.29) is 0 Å². The van der Waals surface area contributed by atoms with Crippen molar-refractivity contribution in [2.75, 3.05) is 0 Å². The summed E-state index contributed by atoms with van der Waals surface area (Å²) in [5.74, 6) is 4.12. The standard InChI is InChI=1S/6C10H10O.C6H3.3Bi/c6*1-2-3-4-9-5-7-10(11)8-6-9;1-2-4-6-5-3-1;;;/h6*2-8,11H,1H2;1,4-5H;;;/q;;;;;;;3*+2/p-6. The maximum atomic E-state index is 7.12. The predicted octanol–water partition coefficient (Wildman–Crippen LogP) is 14.4. The van der Waals surface area contributed by atoms with Crippen LogP contribution in [0.25, 0.3) is 36.5 Å². The van der Waals surface area contributed by atoms with Gasteiger partial charge >= 0.3 is 475 Å². The Morgan fingerprint density at radius 3 is 0.507 bits per heavy atom.